The maximum absolute atomic E-state index is 11.7. The van der Waals surface area contributed by atoms with Gasteiger partial charge in [-0.3, -0.25) is 4.79 Å². The van der Waals surface area contributed by atoms with Gasteiger partial charge < -0.3 is 10.2 Å². The maximum atomic E-state index is 11.7. The van der Waals surface area contributed by atoms with Gasteiger partial charge in [-0.2, -0.15) is 0 Å². The molecule has 0 atom stereocenters. The van der Waals surface area contributed by atoms with Gasteiger partial charge in [-0.15, -0.1) is 0 Å². The van der Waals surface area contributed by atoms with Crippen LogP contribution < -0.4 is 10.0 Å². The highest BCUT2D eigenvalue weighted by Crippen LogP contribution is 1.99. The molecule has 17 heavy (non-hydrogen) atoms. The molecule has 0 bridgehead atoms. The molecule has 0 spiro atoms. The Morgan fingerprint density at radius 3 is 2.59 bits per heavy atom. The summed E-state index contributed by atoms with van der Waals surface area (Å²) in [6.45, 7) is 5.11. The van der Waals surface area contributed by atoms with Gasteiger partial charge in [0.2, 0.25) is 15.9 Å². The number of nitrogens with zero attached hydrogens (tertiary/aromatic N) is 1. The van der Waals surface area contributed by atoms with Crippen LogP contribution in [0.25, 0.3) is 0 Å². The molecule has 0 aromatic carbocycles. The minimum absolute atomic E-state index is 0.0821. The van der Waals surface area contributed by atoms with Crippen molar-refractivity contribution in [2.75, 3.05) is 38.5 Å². The summed E-state index contributed by atoms with van der Waals surface area (Å²) in [5.74, 6) is 0.195. The fraction of sp³-hybridized carbons (Fsp3) is 0.900. The number of amides is 1. The quantitative estimate of drug-likeness (QED) is 0.611. The molecule has 1 aliphatic rings. The molecule has 1 rings (SSSR count). The van der Waals surface area contributed by atoms with E-state index in [1.54, 1.807) is 6.92 Å². The molecule has 0 aromatic heterocycles. The van der Waals surface area contributed by atoms with Gasteiger partial charge in [-0.05, 0) is 13.3 Å². The highest BCUT2D eigenvalue weighted by atomic mass is 32.2. The summed E-state index contributed by atoms with van der Waals surface area (Å²) >= 11 is 0. The number of rotatable bonds is 6. The molecule has 0 unspecified atom stereocenters. The van der Waals surface area contributed by atoms with Gasteiger partial charge in [0, 0.05) is 39.1 Å². The zero-order valence-corrected chi connectivity index (χ0v) is 11.1. The lowest BCUT2D eigenvalue weighted by molar-refractivity contribution is -0.131. The predicted octanol–water partition coefficient (Wildman–Crippen LogP) is -0.862. The Bertz CT molecular complexity index is 337. The Morgan fingerprint density at radius 2 is 2.00 bits per heavy atom. The second-order valence-electron chi connectivity index (χ2n) is 4.03. The fourth-order valence-corrected chi connectivity index (χ4v) is 2.30. The number of sulfonamides is 1. The van der Waals surface area contributed by atoms with E-state index in [-0.39, 0.29) is 11.7 Å². The lowest BCUT2D eigenvalue weighted by Gasteiger charge is -2.27. The van der Waals surface area contributed by atoms with Crippen LogP contribution >= 0.6 is 0 Å². The van der Waals surface area contributed by atoms with Gasteiger partial charge in [0.15, 0.2) is 0 Å². The summed E-state index contributed by atoms with van der Waals surface area (Å²) in [6, 6.07) is 0. The van der Waals surface area contributed by atoms with E-state index >= 15 is 0 Å². The van der Waals surface area contributed by atoms with Crippen molar-refractivity contribution < 1.29 is 13.2 Å². The summed E-state index contributed by atoms with van der Waals surface area (Å²) in [7, 11) is -3.13. The minimum atomic E-state index is -3.13. The fourth-order valence-electron chi connectivity index (χ4n) is 1.64. The normalized spacial score (nSPS) is 17.1. The Kier molecular flexibility index (Phi) is 5.87. The number of carbonyl (C=O) groups is 1. The van der Waals surface area contributed by atoms with Gasteiger partial charge in [0.1, 0.15) is 0 Å². The summed E-state index contributed by atoms with van der Waals surface area (Å²) in [5.41, 5.74) is 0. The van der Waals surface area contributed by atoms with Crippen LogP contribution in [-0.2, 0) is 14.8 Å². The van der Waals surface area contributed by atoms with Gasteiger partial charge >= 0.3 is 0 Å². The summed E-state index contributed by atoms with van der Waals surface area (Å²) in [6.07, 6.45) is 0.966. The van der Waals surface area contributed by atoms with Crippen LogP contribution in [0.5, 0.6) is 0 Å². The number of piperazine rings is 1. The van der Waals surface area contributed by atoms with Crippen LogP contribution in [0.4, 0.5) is 0 Å². The second-order valence-corrected chi connectivity index (χ2v) is 6.13. The zero-order chi connectivity index (χ0) is 12.7. The van der Waals surface area contributed by atoms with Crippen molar-refractivity contribution in [2.24, 2.45) is 0 Å². The van der Waals surface area contributed by atoms with Crippen molar-refractivity contribution in [3.63, 3.8) is 0 Å². The standard InChI is InChI=1S/C10H21N3O3S/c1-2-17(15,16)12-5-3-4-10(14)13-8-6-11-7-9-13/h11-12H,2-9H2,1H3. The molecule has 6 nitrogen and oxygen atoms in total. The summed E-state index contributed by atoms with van der Waals surface area (Å²) in [4.78, 5) is 13.5. The molecular formula is C10H21N3O3S. The van der Waals surface area contributed by atoms with Gasteiger partial charge in [0.05, 0.1) is 5.75 Å². The van der Waals surface area contributed by atoms with Gasteiger partial charge in [-0.25, -0.2) is 13.1 Å². The molecule has 1 fully saturated rings. The molecule has 0 saturated carbocycles. The second kappa shape index (κ2) is 6.93. The zero-order valence-electron chi connectivity index (χ0n) is 10.2. The summed E-state index contributed by atoms with van der Waals surface area (Å²) < 4.78 is 24.7. The van der Waals surface area contributed by atoms with Crippen LogP contribution in [-0.4, -0.2) is 57.7 Å². The van der Waals surface area contributed by atoms with Crippen LogP contribution in [0.1, 0.15) is 19.8 Å². The molecular weight excluding hydrogens is 242 g/mol. The Morgan fingerprint density at radius 1 is 1.35 bits per heavy atom. The van der Waals surface area contributed by atoms with Crippen molar-refractivity contribution >= 4 is 15.9 Å². The largest absolute Gasteiger partial charge is 0.340 e. The monoisotopic (exact) mass is 263 g/mol. The molecule has 7 heteroatoms. The number of hydrogen-bond donors (Lipinski definition) is 2. The van der Waals surface area contributed by atoms with Gasteiger partial charge in [0.25, 0.3) is 0 Å². The van der Waals surface area contributed by atoms with Crippen LogP contribution in [0, 0.1) is 0 Å². The van der Waals surface area contributed by atoms with E-state index in [0.717, 1.165) is 26.2 Å². The van der Waals surface area contributed by atoms with Crippen molar-refractivity contribution in [3.05, 3.63) is 0 Å². The smallest absolute Gasteiger partial charge is 0.222 e. The third-order valence-corrected chi connectivity index (χ3v) is 4.14. The van der Waals surface area contributed by atoms with E-state index < -0.39 is 10.0 Å². The van der Waals surface area contributed by atoms with Gasteiger partial charge in [-0.1, -0.05) is 0 Å². The topological polar surface area (TPSA) is 78.5 Å². The van der Waals surface area contributed by atoms with Crippen LogP contribution in [0.3, 0.4) is 0 Å². The lowest BCUT2D eigenvalue weighted by Crippen LogP contribution is -2.46. The van der Waals surface area contributed by atoms with E-state index in [9.17, 15) is 13.2 Å². The molecule has 0 radical (unpaired) electrons. The average molecular weight is 263 g/mol. The molecule has 1 amide bonds. The lowest BCUT2D eigenvalue weighted by atomic mass is 10.2. The predicted molar refractivity (Wildman–Crippen MR) is 66.1 cm³/mol. The third kappa shape index (κ3) is 5.47. The van der Waals surface area contributed by atoms with E-state index in [4.69, 9.17) is 0 Å². The van der Waals surface area contributed by atoms with E-state index in [1.165, 1.54) is 0 Å². The maximum Gasteiger partial charge on any atom is 0.222 e. The molecule has 1 saturated heterocycles. The Hall–Kier alpha value is -0.660. The first kappa shape index (κ1) is 14.4. The van der Waals surface area contributed by atoms with E-state index in [2.05, 4.69) is 10.0 Å². The number of carbonyl (C=O) groups excluding carboxylic acids is 1. The van der Waals surface area contributed by atoms with Crippen molar-refractivity contribution in [1.82, 2.24) is 14.9 Å². The summed E-state index contributed by atoms with van der Waals surface area (Å²) in [5, 5.41) is 3.18. The first-order valence-electron chi connectivity index (χ1n) is 6.01. The molecule has 1 aliphatic heterocycles. The SMILES string of the molecule is CCS(=O)(=O)NCCCC(=O)N1CCNCC1. The minimum Gasteiger partial charge on any atom is -0.340 e. The number of nitrogens with one attached hydrogen (secondary N) is 2. The molecule has 0 aliphatic carbocycles. The number of hydrogen-bond acceptors (Lipinski definition) is 4. The molecule has 0 aromatic rings. The highest BCUT2D eigenvalue weighted by molar-refractivity contribution is 7.89. The van der Waals surface area contributed by atoms with Crippen molar-refractivity contribution in [3.8, 4) is 0 Å². The van der Waals surface area contributed by atoms with Crippen molar-refractivity contribution in [1.29, 1.82) is 0 Å². The first-order chi connectivity index (χ1) is 8.05. The molecule has 2 N–H and O–H groups in total. The van der Waals surface area contributed by atoms with E-state index in [1.807, 2.05) is 4.90 Å². The Balaban J connectivity index is 2.15. The third-order valence-electron chi connectivity index (χ3n) is 2.74. The average Bonchev–Trinajstić information content (AvgIpc) is 2.35. The van der Waals surface area contributed by atoms with E-state index in [0.29, 0.717) is 19.4 Å². The molecule has 100 valence electrons. The molecule has 1 heterocycles. The highest BCUT2D eigenvalue weighted by Gasteiger charge is 2.15. The Labute approximate surface area is 103 Å². The van der Waals surface area contributed by atoms with Crippen LogP contribution in [0.2, 0.25) is 0 Å². The van der Waals surface area contributed by atoms with Crippen LogP contribution in [0.15, 0.2) is 0 Å². The first-order valence-corrected chi connectivity index (χ1v) is 7.66. The van der Waals surface area contributed by atoms with Crippen molar-refractivity contribution in [2.45, 2.75) is 19.8 Å².